The number of hydrogen-bond acceptors (Lipinski definition) is 15. The quantitative estimate of drug-likeness (QED) is 0.0191. The maximum absolute atomic E-state index is 13.3. The van der Waals surface area contributed by atoms with Gasteiger partial charge in [0.2, 0.25) is 23.6 Å². The molecule has 75 heavy (non-hydrogen) atoms. The first-order chi connectivity index (χ1) is 35.3. The van der Waals surface area contributed by atoms with E-state index in [0.29, 0.717) is 38.4 Å². The number of nitrogens with one attached hydrogen (secondary N) is 4. The predicted octanol–water partition coefficient (Wildman–Crippen LogP) is 8.05. The van der Waals surface area contributed by atoms with E-state index in [9.17, 15) is 33.3 Å². The molecule has 440 valence electrons. The van der Waals surface area contributed by atoms with Gasteiger partial charge in [-0.25, -0.2) is 4.79 Å². The van der Waals surface area contributed by atoms with E-state index in [1.54, 1.807) is 20.8 Å². The van der Waals surface area contributed by atoms with E-state index in [2.05, 4.69) is 21.3 Å². The van der Waals surface area contributed by atoms with Gasteiger partial charge in [0.25, 0.3) is 0 Å². The summed E-state index contributed by atoms with van der Waals surface area (Å²) in [6.07, 6.45) is 20.5. The van der Waals surface area contributed by atoms with Crippen LogP contribution < -0.4 is 27.0 Å². The minimum absolute atomic E-state index is 0.00808. The molecule has 0 radical (unpaired) electrons. The summed E-state index contributed by atoms with van der Waals surface area (Å²) in [6.45, 7) is 18.6. The van der Waals surface area contributed by atoms with E-state index in [1.165, 1.54) is 57.8 Å². The molecule has 0 saturated heterocycles. The van der Waals surface area contributed by atoms with Crippen LogP contribution in [-0.2, 0) is 66.1 Å². The van der Waals surface area contributed by atoms with Crippen LogP contribution in [0.5, 0.6) is 0 Å². The maximum atomic E-state index is 13.3. The van der Waals surface area contributed by atoms with Crippen LogP contribution >= 0.6 is 7.60 Å². The van der Waals surface area contributed by atoms with Gasteiger partial charge in [0.15, 0.2) is 0 Å². The van der Waals surface area contributed by atoms with Gasteiger partial charge < -0.3 is 64.8 Å². The first kappa shape index (κ1) is 71.8. The van der Waals surface area contributed by atoms with Crippen molar-refractivity contribution in [3.05, 3.63) is 0 Å². The first-order valence-corrected chi connectivity index (χ1v) is 29.7. The van der Waals surface area contributed by atoms with Crippen LogP contribution in [0.3, 0.4) is 0 Å². The Hall–Kier alpha value is -3.23. The first-order valence-electron chi connectivity index (χ1n) is 27.9. The fourth-order valence-corrected chi connectivity index (χ4v) is 10.00. The largest absolute Gasteiger partial charge is 0.480 e. The number of carbonyl (C=O) groups excluding carboxylic acids is 5. The van der Waals surface area contributed by atoms with Crippen molar-refractivity contribution < 1.29 is 71.2 Å². The van der Waals surface area contributed by atoms with Gasteiger partial charge in [0.05, 0.1) is 57.0 Å². The molecular weight excluding hydrogens is 990 g/mol. The van der Waals surface area contributed by atoms with Gasteiger partial charge in [0, 0.05) is 32.5 Å². The zero-order valence-electron chi connectivity index (χ0n) is 47.9. The summed E-state index contributed by atoms with van der Waals surface area (Å²) >= 11 is 0. The summed E-state index contributed by atoms with van der Waals surface area (Å²) in [7, 11) is -3.14. The van der Waals surface area contributed by atoms with Crippen molar-refractivity contribution in [1.29, 1.82) is 0 Å². The molecule has 0 aromatic heterocycles. The molecule has 0 bridgehead atoms. The lowest BCUT2D eigenvalue weighted by Crippen LogP contribution is -2.44. The van der Waals surface area contributed by atoms with Crippen LogP contribution in [0.4, 0.5) is 0 Å². The van der Waals surface area contributed by atoms with Gasteiger partial charge in [-0.2, -0.15) is 0 Å². The van der Waals surface area contributed by atoms with Gasteiger partial charge in [-0.3, -0.25) is 28.5 Å². The second-order valence-corrected chi connectivity index (χ2v) is 24.2. The molecule has 0 aromatic carbocycles. The van der Waals surface area contributed by atoms with E-state index in [4.69, 9.17) is 43.6 Å². The average molecular weight is 1090 g/mol. The van der Waals surface area contributed by atoms with Gasteiger partial charge in [-0.05, 0) is 101 Å². The third-order valence-corrected chi connectivity index (χ3v) is 13.5. The maximum Gasteiger partial charge on any atom is 0.331 e. The summed E-state index contributed by atoms with van der Waals surface area (Å²) in [6, 6.07) is -1.84. The van der Waals surface area contributed by atoms with Crippen LogP contribution in [0, 0.1) is 0 Å². The van der Waals surface area contributed by atoms with Gasteiger partial charge in [-0.15, -0.1) is 0 Å². The molecule has 20 nitrogen and oxygen atoms in total. The molecule has 0 aromatic rings. The second kappa shape index (κ2) is 42.7. The van der Waals surface area contributed by atoms with Crippen LogP contribution in [-0.4, -0.2) is 148 Å². The smallest absolute Gasteiger partial charge is 0.331 e. The third kappa shape index (κ3) is 48.9. The molecule has 7 N–H and O–H groups in total. The SMILES string of the molecule is CC(C)(C)OC(=O)[C@H](CCC(=O)NCCOCCOCC(=O)NCCOCCOCC(=O)NCCCC[C@H](N)C(=O)O)NC(=O)CCCCCCCCCCCCCCCCCCP(=O)(OC(C)(C)C)OC(C)(C)C. The Bertz CT molecular complexity index is 1580. The number of carboxylic acid groups (broad SMARTS) is 1. The highest BCUT2D eigenvalue weighted by atomic mass is 31.2. The molecule has 2 atom stereocenters. The summed E-state index contributed by atoms with van der Waals surface area (Å²) in [5.41, 5.74) is 3.67. The van der Waals surface area contributed by atoms with Crippen molar-refractivity contribution in [3.8, 4) is 0 Å². The molecule has 0 spiro atoms. The highest BCUT2D eigenvalue weighted by molar-refractivity contribution is 7.53. The lowest BCUT2D eigenvalue weighted by atomic mass is 10.0. The number of carbonyl (C=O) groups is 6. The summed E-state index contributed by atoms with van der Waals surface area (Å²) in [5, 5.41) is 19.7. The van der Waals surface area contributed by atoms with Crippen LogP contribution in [0.25, 0.3) is 0 Å². The number of ether oxygens (including phenoxy) is 5. The monoisotopic (exact) mass is 1090 g/mol. The topological polar surface area (TPSA) is 278 Å². The lowest BCUT2D eigenvalue weighted by molar-refractivity contribution is -0.159. The molecule has 0 fully saturated rings. The van der Waals surface area contributed by atoms with Crippen molar-refractivity contribution >= 4 is 43.2 Å². The Morgan fingerprint density at radius 1 is 0.467 bits per heavy atom. The van der Waals surface area contributed by atoms with E-state index < -0.39 is 48.4 Å². The Morgan fingerprint density at radius 3 is 1.32 bits per heavy atom. The van der Waals surface area contributed by atoms with Crippen LogP contribution in [0.15, 0.2) is 0 Å². The second-order valence-electron chi connectivity index (χ2n) is 22.2. The molecule has 21 heteroatoms. The van der Waals surface area contributed by atoms with Gasteiger partial charge in [-0.1, -0.05) is 89.9 Å². The summed E-state index contributed by atoms with van der Waals surface area (Å²) in [5.74, 6) is -2.75. The summed E-state index contributed by atoms with van der Waals surface area (Å²) < 4.78 is 52.1. The van der Waals surface area contributed by atoms with Crippen LogP contribution in [0.2, 0.25) is 0 Å². The van der Waals surface area contributed by atoms with Gasteiger partial charge in [0.1, 0.15) is 30.9 Å². The zero-order chi connectivity index (χ0) is 56.4. The van der Waals surface area contributed by atoms with Crippen molar-refractivity contribution in [2.45, 2.75) is 232 Å². The average Bonchev–Trinajstić information content (AvgIpc) is 3.29. The van der Waals surface area contributed by atoms with Crippen molar-refractivity contribution in [3.63, 3.8) is 0 Å². The molecule has 0 saturated carbocycles. The van der Waals surface area contributed by atoms with E-state index in [0.717, 1.165) is 44.9 Å². The highest BCUT2D eigenvalue weighted by Crippen LogP contribution is 2.55. The predicted molar refractivity (Wildman–Crippen MR) is 291 cm³/mol. The molecule has 0 aliphatic carbocycles. The number of esters is 1. The Morgan fingerprint density at radius 2 is 0.880 bits per heavy atom. The molecule has 0 rings (SSSR count). The summed E-state index contributed by atoms with van der Waals surface area (Å²) in [4.78, 5) is 72.9. The van der Waals surface area contributed by atoms with Crippen molar-refractivity contribution in [2.24, 2.45) is 5.73 Å². The molecule has 0 heterocycles. The Labute approximate surface area is 451 Å². The molecule has 0 unspecified atom stereocenters. The highest BCUT2D eigenvalue weighted by Gasteiger charge is 2.34. The molecule has 0 aliphatic heterocycles. The standard InChI is InChI=1S/C54H104N5O15P/c1-52(2,3)72-51(66)45(59-47(61)29-24-22-20-18-16-14-12-10-11-13-15-17-19-21-23-27-41-75(67,73-53(4,5)6)74-54(7,8)9)30-31-46(60)57-33-35-68-37-40-71-43-49(63)58-34-36-69-38-39-70-42-48(62)56-32-26-25-28-44(55)50(64)65/h44-45H,10-43,55H2,1-9H3,(H,56,62)(H,57,60)(H,58,63)(H,59,61)(H,64,65)/t44-,45-/m0/s1. The zero-order valence-corrected chi connectivity index (χ0v) is 48.8. The molecular formula is C54H104N5O15P. The van der Waals surface area contributed by atoms with Crippen LogP contribution in [0.1, 0.15) is 204 Å². The fourth-order valence-electron chi connectivity index (χ4n) is 7.50. The Balaban J connectivity index is 4.00. The van der Waals surface area contributed by atoms with E-state index >= 15 is 0 Å². The normalized spacial score (nSPS) is 13.0. The lowest BCUT2D eigenvalue weighted by Gasteiger charge is -2.32. The Kier molecular flexibility index (Phi) is 40.9. The number of nitrogens with two attached hydrogens (primary N) is 1. The number of rotatable bonds is 48. The van der Waals surface area contributed by atoms with Crippen molar-refractivity contribution in [2.75, 3.05) is 78.7 Å². The van der Waals surface area contributed by atoms with Crippen molar-refractivity contribution in [1.82, 2.24) is 21.3 Å². The number of aliphatic carboxylic acids is 1. The molecule has 4 amide bonds. The minimum atomic E-state index is -3.14. The molecule has 0 aliphatic rings. The van der Waals surface area contributed by atoms with E-state index in [1.807, 2.05) is 41.5 Å². The minimum Gasteiger partial charge on any atom is -0.480 e. The van der Waals surface area contributed by atoms with Gasteiger partial charge >= 0.3 is 19.5 Å². The fraction of sp³-hybridized carbons (Fsp3) is 0.889. The van der Waals surface area contributed by atoms with E-state index in [-0.39, 0.29) is 102 Å². The number of hydrogen-bond donors (Lipinski definition) is 6. The number of carboxylic acids is 1. The number of unbranched alkanes of at least 4 members (excludes halogenated alkanes) is 16. The third-order valence-electron chi connectivity index (χ3n) is 11.0. The number of amides is 4.